The SMILES string of the molecule is O=C(NC1CCCC1)[C@H](c1ccccc1F)N(C(=O)Cc1cccs1)c1cccc(F)c1. The first kappa shape index (κ1) is 22.1. The summed E-state index contributed by atoms with van der Waals surface area (Å²) in [6, 6.07) is 13.8. The summed E-state index contributed by atoms with van der Waals surface area (Å²) >= 11 is 1.42. The molecule has 4 rings (SSSR count). The molecule has 2 aromatic carbocycles. The van der Waals surface area contributed by atoms with Crippen LogP contribution in [0, 0.1) is 11.6 Å². The summed E-state index contributed by atoms with van der Waals surface area (Å²) in [6.45, 7) is 0. The molecular formula is C25H24F2N2O2S. The third-order valence-corrected chi connectivity index (χ3v) is 6.54. The van der Waals surface area contributed by atoms with Gasteiger partial charge in [-0.2, -0.15) is 0 Å². The quantitative estimate of drug-likeness (QED) is 0.520. The maximum Gasteiger partial charge on any atom is 0.248 e. The maximum atomic E-state index is 14.9. The molecule has 166 valence electrons. The minimum atomic E-state index is -1.26. The second kappa shape index (κ2) is 10.0. The van der Waals surface area contributed by atoms with Crippen LogP contribution < -0.4 is 10.2 Å². The van der Waals surface area contributed by atoms with Crippen molar-refractivity contribution in [1.29, 1.82) is 0 Å². The van der Waals surface area contributed by atoms with E-state index in [1.807, 2.05) is 17.5 Å². The number of anilines is 1. The van der Waals surface area contributed by atoms with Crippen LogP contribution in [0.3, 0.4) is 0 Å². The highest BCUT2D eigenvalue weighted by Crippen LogP contribution is 2.32. The van der Waals surface area contributed by atoms with Crippen LogP contribution in [0.1, 0.15) is 42.2 Å². The Bertz CT molecular complexity index is 1080. The molecule has 4 nitrogen and oxygen atoms in total. The van der Waals surface area contributed by atoms with Gasteiger partial charge in [0.25, 0.3) is 0 Å². The molecule has 1 saturated carbocycles. The van der Waals surface area contributed by atoms with Crippen LogP contribution in [-0.4, -0.2) is 17.9 Å². The van der Waals surface area contributed by atoms with E-state index in [1.165, 1.54) is 52.6 Å². The number of benzene rings is 2. The van der Waals surface area contributed by atoms with E-state index in [4.69, 9.17) is 0 Å². The van der Waals surface area contributed by atoms with Gasteiger partial charge in [-0.25, -0.2) is 8.78 Å². The zero-order valence-corrected chi connectivity index (χ0v) is 18.3. The molecule has 7 heteroatoms. The normalized spacial score (nSPS) is 14.8. The third kappa shape index (κ3) is 5.05. The van der Waals surface area contributed by atoms with Gasteiger partial charge in [-0.1, -0.05) is 43.2 Å². The van der Waals surface area contributed by atoms with Crippen molar-refractivity contribution < 1.29 is 18.4 Å². The highest BCUT2D eigenvalue weighted by Gasteiger charge is 2.36. The largest absolute Gasteiger partial charge is 0.351 e. The van der Waals surface area contributed by atoms with Gasteiger partial charge in [0.2, 0.25) is 11.8 Å². The standard InChI is InChI=1S/C25H24F2N2O2S/c26-17-7-5-10-19(15-17)29(23(30)16-20-11-6-14-32-20)24(21-12-3-4-13-22(21)27)25(31)28-18-8-1-2-9-18/h3-7,10-15,18,24H,1-2,8-9,16H2,(H,28,31)/t24-/m0/s1. The molecule has 0 radical (unpaired) electrons. The first-order valence-corrected chi connectivity index (χ1v) is 11.6. The highest BCUT2D eigenvalue weighted by atomic mass is 32.1. The smallest absolute Gasteiger partial charge is 0.248 e. The number of thiophene rings is 1. The van der Waals surface area contributed by atoms with Crippen molar-refractivity contribution in [2.45, 2.75) is 44.2 Å². The fourth-order valence-electron chi connectivity index (χ4n) is 4.16. The molecule has 2 amide bonds. The average Bonchev–Trinajstić information content (AvgIpc) is 3.47. The van der Waals surface area contributed by atoms with Gasteiger partial charge in [0.15, 0.2) is 0 Å². The first-order chi connectivity index (χ1) is 15.5. The van der Waals surface area contributed by atoms with E-state index in [2.05, 4.69) is 5.32 Å². The molecule has 0 aliphatic heterocycles. The van der Waals surface area contributed by atoms with Gasteiger partial charge in [0.1, 0.15) is 17.7 Å². The average molecular weight is 455 g/mol. The minimum Gasteiger partial charge on any atom is -0.351 e. The first-order valence-electron chi connectivity index (χ1n) is 10.7. The van der Waals surface area contributed by atoms with E-state index < -0.39 is 29.5 Å². The predicted molar refractivity (Wildman–Crippen MR) is 121 cm³/mol. The zero-order valence-electron chi connectivity index (χ0n) is 17.5. The molecule has 1 atom stereocenters. The topological polar surface area (TPSA) is 49.4 Å². The molecular weight excluding hydrogens is 430 g/mol. The lowest BCUT2D eigenvalue weighted by Crippen LogP contribution is -2.47. The Morgan fingerprint density at radius 3 is 2.50 bits per heavy atom. The molecule has 1 aromatic heterocycles. The van der Waals surface area contributed by atoms with E-state index >= 15 is 0 Å². The molecule has 1 heterocycles. The van der Waals surface area contributed by atoms with Gasteiger partial charge in [0.05, 0.1) is 6.42 Å². The number of hydrogen-bond acceptors (Lipinski definition) is 3. The summed E-state index contributed by atoms with van der Waals surface area (Å²) in [5.74, 6) is -2.01. The van der Waals surface area contributed by atoms with Gasteiger partial charge in [0, 0.05) is 22.2 Å². The molecule has 32 heavy (non-hydrogen) atoms. The summed E-state index contributed by atoms with van der Waals surface area (Å²) in [5, 5.41) is 4.85. The molecule has 0 unspecified atom stereocenters. The Hall–Kier alpha value is -3.06. The van der Waals surface area contributed by atoms with Crippen molar-refractivity contribution in [3.63, 3.8) is 0 Å². The van der Waals surface area contributed by atoms with Crippen LogP contribution in [0.4, 0.5) is 14.5 Å². The van der Waals surface area contributed by atoms with Crippen molar-refractivity contribution in [3.8, 4) is 0 Å². The number of nitrogens with zero attached hydrogens (tertiary/aromatic N) is 1. The van der Waals surface area contributed by atoms with E-state index in [0.717, 1.165) is 30.6 Å². The molecule has 0 spiro atoms. The van der Waals surface area contributed by atoms with Gasteiger partial charge in [-0.05, 0) is 48.6 Å². The molecule has 3 aromatic rings. The molecule has 1 N–H and O–H groups in total. The predicted octanol–water partition coefficient (Wildman–Crippen LogP) is 5.40. The lowest BCUT2D eigenvalue weighted by Gasteiger charge is -2.32. The van der Waals surface area contributed by atoms with Crippen LogP contribution in [0.15, 0.2) is 66.0 Å². The minimum absolute atomic E-state index is 0.0152. The fraction of sp³-hybridized carbons (Fsp3) is 0.280. The summed E-state index contributed by atoms with van der Waals surface area (Å²) in [4.78, 5) is 29.0. The van der Waals surface area contributed by atoms with E-state index in [9.17, 15) is 18.4 Å². The lowest BCUT2D eigenvalue weighted by molar-refractivity contribution is -0.127. The van der Waals surface area contributed by atoms with E-state index in [-0.39, 0.29) is 23.7 Å². The summed E-state index contributed by atoms with van der Waals surface area (Å²) in [6.07, 6.45) is 3.74. The van der Waals surface area contributed by atoms with Crippen LogP contribution in [0.5, 0.6) is 0 Å². The summed E-state index contributed by atoms with van der Waals surface area (Å²) in [5.41, 5.74) is 0.285. The van der Waals surface area contributed by atoms with Gasteiger partial charge < -0.3 is 5.32 Å². The van der Waals surface area contributed by atoms with Crippen LogP contribution in [-0.2, 0) is 16.0 Å². The van der Waals surface area contributed by atoms with E-state index in [1.54, 1.807) is 12.1 Å². The second-order valence-electron chi connectivity index (χ2n) is 7.91. The number of nitrogens with one attached hydrogen (secondary N) is 1. The van der Waals surface area contributed by atoms with Gasteiger partial charge >= 0.3 is 0 Å². The van der Waals surface area contributed by atoms with Crippen molar-refractivity contribution in [3.05, 3.63) is 88.1 Å². The Balaban J connectivity index is 1.78. The number of halogens is 2. The number of rotatable bonds is 7. The number of hydrogen-bond donors (Lipinski definition) is 1. The third-order valence-electron chi connectivity index (χ3n) is 5.67. The Morgan fingerprint density at radius 1 is 1.03 bits per heavy atom. The van der Waals surface area contributed by atoms with Crippen LogP contribution in [0.25, 0.3) is 0 Å². The molecule has 1 aliphatic carbocycles. The fourth-order valence-corrected chi connectivity index (χ4v) is 4.85. The van der Waals surface area contributed by atoms with Crippen LogP contribution in [0.2, 0.25) is 0 Å². The molecule has 0 bridgehead atoms. The molecule has 1 aliphatic rings. The molecule has 0 saturated heterocycles. The highest BCUT2D eigenvalue weighted by molar-refractivity contribution is 7.10. The Morgan fingerprint density at radius 2 is 1.81 bits per heavy atom. The molecule has 1 fully saturated rings. The van der Waals surface area contributed by atoms with Crippen molar-refractivity contribution in [1.82, 2.24) is 5.32 Å². The van der Waals surface area contributed by atoms with Crippen molar-refractivity contribution in [2.75, 3.05) is 4.90 Å². The summed E-state index contributed by atoms with van der Waals surface area (Å²) in [7, 11) is 0. The Labute approximate surface area is 189 Å². The van der Waals surface area contributed by atoms with Crippen molar-refractivity contribution >= 4 is 28.8 Å². The van der Waals surface area contributed by atoms with Gasteiger partial charge in [-0.15, -0.1) is 11.3 Å². The number of carbonyl (C=O) groups is 2. The second-order valence-corrected chi connectivity index (χ2v) is 8.95. The zero-order chi connectivity index (χ0) is 22.5. The van der Waals surface area contributed by atoms with Gasteiger partial charge in [-0.3, -0.25) is 14.5 Å². The van der Waals surface area contributed by atoms with Crippen LogP contribution >= 0.6 is 11.3 Å². The summed E-state index contributed by atoms with van der Waals surface area (Å²) < 4.78 is 29.1. The van der Waals surface area contributed by atoms with Crippen molar-refractivity contribution in [2.24, 2.45) is 0 Å². The maximum absolute atomic E-state index is 14.9. The van der Waals surface area contributed by atoms with E-state index in [0.29, 0.717) is 0 Å². The monoisotopic (exact) mass is 454 g/mol. The number of amides is 2. The Kier molecular flexibility index (Phi) is 6.95. The number of carbonyl (C=O) groups excluding carboxylic acids is 2. The lowest BCUT2D eigenvalue weighted by atomic mass is 10.0.